The SMILES string of the molecule is O=CN1CC=C(c2ccc(N3CCOC3=O)cc2F)CC1. The van der Waals surface area contributed by atoms with Gasteiger partial charge in [0.05, 0.1) is 12.2 Å². The van der Waals surface area contributed by atoms with E-state index in [1.165, 1.54) is 11.0 Å². The van der Waals surface area contributed by atoms with E-state index in [2.05, 4.69) is 0 Å². The summed E-state index contributed by atoms with van der Waals surface area (Å²) in [6.07, 6.45) is 2.84. The lowest BCUT2D eigenvalue weighted by molar-refractivity contribution is -0.117. The predicted octanol–water partition coefficient (Wildman–Crippen LogP) is 2.03. The van der Waals surface area contributed by atoms with Crippen LogP contribution >= 0.6 is 0 Å². The Morgan fingerprint density at radius 2 is 2.14 bits per heavy atom. The fourth-order valence-corrected chi connectivity index (χ4v) is 2.59. The lowest BCUT2D eigenvalue weighted by Crippen LogP contribution is -2.27. The largest absolute Gasteiger partial charge is 0.447 e. The van der Waals surface area contributed by atoms with Gasteiger partial charge in [-0.05, 0) is 30.2 Å². The van der Waals surface area contributed by atoms with Gasteiger partial charge in [0.15, 0.2) is 0 Å². The fraction of sp³-hybridized carbons (Fsp3) is 0.333. The number of anilines is 1. The zero-order chi connectivity index (χ0) is 14.8. The summed E-state index contributed by atoms with van der Waals surface area (Å²) in [6, 6.07) is 4.76. The molecule has 0 N–H and O–H groups in total. The maximum atomic E-state index is 14.3. The Bertz CT molecular complexity index is 615. The first-order valence-corrected chi connectivity index (χ1v) is 6.81. The van der Waals surface area contributed by atoms with Gasteiger partial charge in [0.25, 0.3) is 0 Å². The van der Waals surface area contributed by atoms with Crippen molar-refractivity contribution in [2.75, 3.05) is 31.1 Å². The van der Waals surface area contributed by atoms with Crippen LogP contribution in [0.3, 0.4) is 0 Å². The molecule has 0 bridgehead atoms. The van der Waals surface area contributed by atoms with Crippen LogP contribution in [0, 0.1) is 5.82 Å². The number of nitrogens with zero attached hydrogens (tertiary/aromatic N) is 2. The summed E-state index contributed by atoms with van der Waals surface area (Å²) in [5, 5.41) is 0. The number of benzene rings is 1. The molecular weight excluding hydrogens is 275 g/mol. The summed E-state index contributed by atoms with van der Waals surface area (Å²) < 4.78 is 19.1. The molecule has 0 saturated carbocycles. The quantitative estimate of drug-likeness (QED) is 0.800. The van der Waals surface area contributed by atoms with Gasteiger partial charge in [-0.15, -0.1) is 0 Å². The molecule has 0 atom stereocenters. The Balaban J connectivity index is 1.83. The van der Waals surface area contributed by atoms with Crippen molar-refractivity contribution in [3.63, 3.8) is 0 Å². The molecule has 21 heavy (non-hydrogen) atoms. The van der Waals surface area contributed by atoms with Crippen LogP contribution in [0.1, 0.15) is 12.0 Å². The molecule has 2 aliphatic rings. The van der Waals surface area contributed by atoms with E-state index in [-0.39, 0.29) is 5.82 Å². The van der Waals surface area contributed by atoms with Gasteiger partial charge in [0.2, 0.25) is 6.41 Å². The number of amides is 2. The van der Waals surface area contributed by atoms with Gasteiger partial charge in [-0.2, -0.15) is 0 Å². The molecule has 2 aliphatic heterocycles. The number of rotatable bonds is 3. The van der Waals surface area contributed by atoms with Crippen molar-refractivity contribution < 1.29 is 18.7 Å². The van der Waals surface area contributed by atoms with Crippen LogP contribution in [0.25, 0.3) is 5.57 Å². The summed E-state index contributed by atoms with van der Waals surface area (Å²) >= 11 is 0. The molecule has 2 heterocycles. The Morgan fingerprint density at radius 1 is 1.29 bits per heavy atom. The Hall–Kier alpha value is -2.37. The fourth-order valence-electron chi connectivity index (χ4n) is 2.59. The van der Waals surface area contributed by atoms with Crippen molar-refractivity contribution in [3.05, 3.63) is 35.7 Å². The van der Waals surface area contributed by atoms with Crippen LogP contribution in [0.2, 0.25) is 0 Å². The summed E-state index contributed by atoms with van der Waals surface area (Å²) in [4.78, 5) is 25.2. The molecule has 0 aromatic heterocycles. The topological polar surface area (TPSA) is 49.9 Å². The van der Waals surface area contributed by atoms with Gasteiger partial charge in [0, 0.05) is 18.7 Å². The highest BCUT2D eigenvalue weighted by Crippen LogP contribution is 2.28. The number of carbonyl (C=O) groups is 2. The molecule has 0 radical (unpaired) electrons. The smallest absolute Gasteiger partial charge is 0.414 e. The highest BCUT2D eigenvalue weighted by Gasteiger charge is 2.24. The Labute approximate surface area is 121 Å². The Morgan fingerprint density at radius 3 is 2.71 bits per heavy atom. The second-order valence-electron chi connectivity index (χ2n) is 5.01. The van der Waals surface area contributed by atoms with Gasteiger partial charge < -0.3 is 9.64 Å². The molecule has 1 fully saturated rings. The van der Waals surface area contributed by atoms with E-state index in [0.717, 1.165) is 12.0 Å². The molecule has 0 spiro atoms. The number of cyclic esters (lactones) is 1. The normalized spacial score (nSPS) is 18.5. The van der Waals surface area contributed by atoms with Crippen LogP contribution in [-0.2, 0) is 9.53 Å². The van der Waals surface area contributed by atoms with E-state index in [9.17, 15) is 14.0 Å². The highest BCUT2D eigenvalue weighted by molar-refractivity contribution is 5.89. The van der Waals surface area contributed by atoms with Gasteiger partial charge in [-0.25, -0.2) is 9.18 Å². The van der Waals surface area contributed by atoms with Crippen molar-refractivity contribution in [1.29, 1.82) is 0 Å². The molecule has 110 valence electrons. The zero-order valence-electron chi connectivity index (χ0n) is 11.4. The molecule has 1 aromatic carbocycles. The minimum absolute atomic E-state index is 0.328. The van der Waals surface area contributed by atoms with Crippen LogP contribution in [0.15, 0.2) is 24.3 Å². The van der Waals surface area contributed by atoms with Gasteiger partial charge in [-0.3, -0.25) is 9.69 Å². The maximum Gasteiger partial charge on any atom is 0.414 e. The lowest BCUT2D eigenvalue weighted by atomic mass is 9.98. The molecule has 6 heteroatoms. The molecule has 1 saturated heterocycles. The third-order valence-electron chi connectivity index (χ3n) is 3.76. The number of halogens is 1. The first kappa shape index (κ1) is 13.6. The number of hydrogen-bond donors (Lipinski definition) is 0. The average molecular weight is 290 g/mol. The van der Waals surface area contributed by atoms with Crippen molar-refractivity contribution in [1.82, 2.24) is 4.90 Å². The van der Waals surface area contributed by atoms with E-state index < -0.39 is 6.09 Å². The number of ether oxygens (including phenoxy) is 1. The lowest BCUT2D eigenvalue weighted by Gasteiger charge is -2.23. The second-order valence-corrected chi connectivity index (χ2v) is 5.01. The first-order chi connectivity index (χ1) is 10.2. The van der Waals surface area contributed by atoms with Crippen LogP contribution in [0.4, 0.5) is 14.9 Å². The second kappa shape index (κ2) is 5.55. The zero-order valence-corrected chi connectivity index (χ0v) is 11.4. The standard InChI is InChI=1S/C15H15FN2O3/c16-14-9-12(18-7-8-21-15(18)20)1-2-13(14)11-3-5-17(10-19)6-4-11/h1-3,9-10H,4-8H2. The summed E-state index contributed by atoms with van der Waals surface area (Å²) in [6.45, 7) is 1.86. The average Bonchev–Trinajstić information content (AvgIpc) is 2.93. The van der Waals surface area contributed by atoms with Gasteiger partial charge in [-0.1, -0.05) is 6.08 Å². The van der Waals surface area contributed by atoms with Crippen LogP contribution < -0.4 is 4.90 Å². The first-order valence-electron chi connectivity index (χ1n) is 6.81. The highest BCUT2D eigenvalue weighted by atomic mass is 19.1. The third kappa shape index (κ3) is 2.61. The molecule has 0 unspecified atom stereocenters. The molecule has 1 aromatic rings. The monoisotopic (exact) mass is 290 g/mol. The van der Waals surface area contributed by atoms with Crippen molar-refractivity contribution in [2.45, 2.75) is 6.42 Å². The van der Waals surface area contributed by atoms with Gasteiger partial charge in [0.1, 0.15) is 12.4 Å². The molecule has 2 amide bonds. The van der Waals surface area contributed by atoms with Crippen molar-refractivity contribution in [2.24, 2.45) is 0 Å². The van der Waals surface area contributed by atoms with Crippen LogP contribution in [-0.4, -0.2) is 43.6 Å². The van der Waals surface area contributed by atoms with E-state index in [1.807, 2.05) is 6.08 Å². The minimum atomic E-state index is -0.444. The Kier molecular flexibility index (Phi) is 3.60. The molecule has 0 aliphatic carbocycles. The summed E-state index contributed by atoms with van der Waals surface area (Å²) in [7, 11) is 0. The molecular formula is C15H15FN2O3. The van der Waals surface area contributed by atoms with Crippen LogP contribution in [0.5, 0.6) is 0 Å². The van der Waals surface area contributed by atoms with E-state index >= 15 is 0 Å². The minimum Gasteiger partial charge on any atom is -0.447 e. The number of hydrogen-bond acceptors (Lipinski definition) is 3. The van der Waals surface area contributed by atoms with Crippen molar-refractivity contribution in [3.8, 4) is 0 Å². The van der Waals surface area contributed by atoms with E-state index in [1.54, 1.807) is 17.0 Å². The maximum absolute atomic E-state index is 14.3. The summed E-state index contributed by atoms with van der Waals surface area (Å²) in [5.41, 5.74) is 1.92. The van der Waals surface area contributed by atoms with E-state index in [0.29, 0.717) is 43.9 Å². The number of carbonyl (C=O) groups excluding carboxylic acids is 2. The molecule has 5 nitrogen and oxygen atoms in total. The third-order valence-corrected chi connectivity index (χ3v) is 3.76. The van der Waals surface area contributed by atoms with Crippen molar-refractivity contribution >= 4 is 23.8 Å². The summed E-state index contributed by atoms with van der Waals surface area (Å²) in [5.74, 6) is -0.363. The van der Waals surface area contributed by atoms with Gasteiger partial charge >= 0.3 is 6.09 Å². The predicted molar refractivity (Wildman–Crippen MR) is 75.3 cm³/mol. The molecule has 3 rings (SSSR count). The van der Waals surface area contributed by atoms with E-state index in [4.69, 9.17) is 4.74 Å².